The molecule has 8 heteroatoms. The van der Waals surface area contributed by atoms with Crippen molar-refractivity contribution in [2.45, 2.75) is 24.7 Å². The minimum Gasteiger partial charge on any atom is -0.326 e. The maximum absolute atomic E-state index is 13.5. The molecule has 0 unspecified atom stereocenters. The normalized spacial score (nSPS) is 11.3. The average Bonchev–Trinajstić information content (AvgIpc) is 2.51. The number of sulfonamides is 1. The van der Waals surface area contributed by atoms with Crippen molar-refractivity contribution in [3.05, 3.63) is 59.7 Å². The molecule has 2 aromatic carbocycles. The van der Waals surface area contributed by atoms with Crippen LogP contribution >= 0.6 is 0 Å². The van der Waals surface area contributed by atoms with Crippen LogP contribution in [0, 0.1) is 18.6 Å². The summed E-state index contributed by atoms with van der Waals surface area (Å²) in [5, 5.41) is 2.71. The first-order valence-electron chi connectivity index (χ1n) is 7.59. The van der Waals surface area contributed by atoms with Gasteiger partial charge in [0, 0.05) is 24.7 Å². The van der Waals surface area contributed by atoms with Crippen LogP contribution in [-0.2, 0) is 14.8 Å². The highest BCUT2D eigenvalue weighted by Crippen LogP contribution is 2.15. The Morgan fingerprint density at radius 3 is 2.56 bits per heavy atom. The summed E-state index contributed by atoms with van der Waals surface area (Å²) in [4.78, 5) is 11.2. The molecule has 0 saturated carbocycles. The number of anilines is 1. The molecule has 134 valence electrons. The molecule has 2 aromatic rings. The summed E-state index contributed by atoms with van der Waals surface area (Å²) in [7, 11) is -4.09. The molecule has 0 radical (unpaired) electrons. The number of rotatable bonds is 7. The van der Waals surface area contributed by atoms with Gasteiger partial charge in [0.25, 0.3) is 0 Å². The first kappa shape index (κ1) is 19.0. The van der Waals surface area contributed by atoms with Gasteiger partial charge in [-0.25, -0.2) is 21.9 Å². The van der Waals surface area contributed by atoms with Gasteiger partial charge in [-0.15, -0.1) is 0 Å². The Morgan fingerprint density at radius 1 is 1.12 bits per heavy atom. The molecular weight excluding hydrogens is 350 g/mol. The second-order valence-corrected chi connectivity index (χ2v) is 7.23. The van der Waals surface area contributed by atoms with E-state index in [1.165, 1.54) is 0 Å². The fraction of sp³-hybridized carbons (Fsp3) is 0.235. The predicted octanol–water partition coefficient (Wildman–Crippen LogP) is 2.97. The summed E-state index contributed by atoms with van der Waals surface area (Å²) in [6, 6.07) is 9.52. The summed E-state index contributed by atoms with van der Waals surface area (Å²) in [6.45, 7) is 1.86. The molecule has 0 spiro atoms. The van der Waals surface area contributed by atoms with Crippen LogP contribution < -0.4 is 10.0 Å². The molecule has 2 N–H and O–H groups in total. The van der Waals surface area contributed by atoms with Crippen LogP contribution in [0.4, 0.5) is 14.5 Å². The molecule has 0 saturated heterocycles. The quantitative estimate of drug-likeness (QED) is 0.738. The van der Waals surface area contributed by atoms with Gasteiger partial charge in [-0.1, -0.05) is 12.1 Å². The Kier molecular flexibility index (Phi) is 6.22. The number of carbonyl (C=O) groups is 1. The predicted molar refractivity (Wildman–Crippen MR) is 90.6 cm³/mol. The number of hydrogen-bond donors (Lipinski definition) is 2. The Balaban J connectivity index is 1.82. The molecule has 0 aliphatic heterocycles. The molecule has 5 nitrogen and oxygen atoms in total. The topological polar surface area (TPSA) is 75.3 Å². The smallest absolute Gasteiger partial charge is 0.243 e. The zero-order valence-corrected chi connectivity index (χ0v) is 14.4. The maximum atomic E-state index is 13.5. The third kappa shape index (κ3) is 5.61. The van der Waals surface area contributed by atoms with Crippen molar-refractivity contribution in [2.75, 3.05) is 11.9 Å². The van der Waals surface area contributed by atoms with Gasteiger partial charge in [-0.3, -0.25) is 4.79 Å². The average molecular weight is 368 g/mol. The zero-order valence-electron chi connectivity index (χ0n) is 13.6. The molecule has 0 aromatic heterocycles. The lowest BCUT2D eigenvalue weighted by Gasteiger charge is -2.08. The summed E-state index contributed by atoms with van der Waals surface area (Å²) < 4.78 is 52.5. The van der Waals surface area contributed by atoms with E-state index in [4.69, 9.17) is 0 Å². The molecule has 25 heavy (non-hydrogen) atoms. The number of nitrogens with one attached hydrogen (secondary N) is 2. The monoisotopic (exact) mass is 368 g/mol. The zero-order chi connectivity index (χ0) is 18.4. The van der Waals surface area contributed by atoms with Crippen molar-refractivity contribution >= 4 is 21.6 Å². The van der Waals surface area contributed by atoms with Gasteiger partial charge >= 0.3 is 0 Å². The van der Waals surface area contributed by atoms with Crippen LogP contribution in [0.2, 0.25) is 0 Å². The van der Waals surface area contributed by atoms with Crippen molar-refractivity contribution in [3.8, 4) is 0 Å². The number of benzene rings is 2. The Labute approximate surface area is 145 Å². The van der Waals surface area contributed by atoms with Crippen LogP contribution in [0.5, 0.6) is 0 Å². The molecular formula is C17H18F2N2O3S. The van der Waals surface area contributed by atoms with Crippen LogP contribution in [0.15, 0.2) is 47.4 Å². The van der Waals surface area contributed by atoms with E-state index in [1.54, 1.807) is 6.07 Å². The highest BCUT2D eigenvalue weighted by atomic mass is 32.2. The van der Waals surface area contributed by atoms with Crippen molar-refractivity contribution in [1.29, 1.82) is 0 Å². The van der Waals surface area contributed by atoms with Gasteiger partial charge in [0.2, 0.25) is 15.9 Å². The number of amides is 1. The van der Waals surface area contributed by atoms with E-state index < -0.39 is 26.6 Å². The van der Waals surface area contributed by atoms with Crippen molar-refractivity contribution in [3.63, 3.8) is 0 Å². The molecule has 2 rings (SSSR count). The summed E-state index contributed by atoms with van der Waals surface area (Å²) in [5.74, 6) is -2.27. The Morgan fingerprint density at radius 2 is 1.88 bits per heavy atom. The summed E-state index contributed by atoms with van der Waals surface area (Å²) in [5.41, 5.74) is 1.67. The molecule has 0 heterocycles. The fourth-order valence-corrected chi connectivity index (χ4v) is 3.30. The van der Waals surface area contributed by atoms with E-state index in [0.717, 1.165) is 17.7 Å². The minimum atomic E-state index is -4.09. The number of hydrogen-bond acceptors (Lipinski definition) is 3. The number of aryl methyl sites for hydroxylation is 1. The van der Waals surface area contributed by atoms with E-state index in [2.05, 4.69) is 10.0 Å². The fourth-order valence-electron chi connectivity index (χ4n) is 2.17. The number of halogens is 2. The van der Waals surface area contributed by atoms with Gasteiger partial charge in [0.05, 0.1) is 0 Å². The first-order valence-corrected chi connectivity index (χ1v) is 9.07. The molecule has 1 amide bonds. The van der Waals surface area contributed by atoms with Gasteiger partial charge < -0.3 is 5.32 Å². The highest BCUT2D eigenvalue weighted by Gasteiger charge is 2.19. The minimum absolute atomic E-state index is 0.0413. The molecule has 0 aliphatic carbocycles. The lowest BCUT2D eigenvalue weighted by atomic mass is 10.2. The van der Waals surface area contributed by atoms with Crippen LogP contribution in [0.1, 0.15) is 18.4 Å². The summed E-state index contributed by atoms with van der Waals surface area (Å²) >= 11 is 0. The van der Waals surface area contributed by atoms with Gasteiger partial charge in [-0.2, -0.15) is 0 Å². The van der Waals surface area contributed by atoms with E-state index >= 15 is 0 Å². The van der Waals surface area contributed by atoms with E-state index in [-0.39, 0.29) is 25.3 Å². The molecule has 0 aliphatic rings. The second-order valence-electron chi connectivity index (χ2n) is 5.49. The Bertz CT molecular complexity index is 870. The second kappa shape index (κ2) is 8.17. The number of carbonyl (C=O) groups excluding carboxylic acids is 1. The van der Waals surface area contributed by atoms with Gasteiger partial charge in [0.15, 0.2) is 0 Å². The van der Waals surface area contributed by atoms with Crippen LogP contribution in [0.25, 0.3) is 0 Å². The summed E-state index contributed by atoms with van der Waals surface area (Å²) in [6.07, 6.45) is 0.335. The van der Waals surface area contributed by atoms with E-state index in [9.17, 15) is 22.0 Å². The third-order valence-corrected chi connectivity index (χ3v) is 4.85. The molecule has 0 bridgehead atoms. The lowest BCUT2D eigenvalue weighted by Crippen LogP contribution is -2.26. The largest absolute Gasteiger partial charge is 0.326 e. The van der Waals surface area contributed by atoms with E-state index in [1.807, 2.05) is 25.1 Å². The van der Waals surface area contributed by atoms with E-state index in [0.29, 0.717) is 11.8 Å². The van der Waals surface area contributed by atoms with Crippen molar-refractivity contribution < 1.29 is 22.0 Å². The van der Waals surface area contributed by atoms with Crippen molar-refractivity contribution in [2.24, 2.45) is 0 Å². The first-order chi connectivity index (χ1) is 11.8. The third-order valence-electron chi connectivity index (χ3n) is 3.36. The van der Waals surface area contributed by atoms with Gasteiger partial charge in [0.1, 0.15) is 16.5 Å². The lowest BCUT2D eigenvalue weighted by molar-refractivity contribution is -0.116. The highest BCUT2D eigenvalue weighted by molar-refractivity contribution is 7.89. The molecule has 0 atom stereocenters. The maximum Gasteiger partial charge on any atom is 0.243 e. The van der Waals surface area contributed by atoms with Crippen LogP contribution in [-0.4, -0.2) is 20.9 Å². The van der Waals surface area contributed by atoms with Gasteiger partial charge in [-0.05, 0) is 43.2 Å². The van der Waals surface area contributed by atoms with Crippen LogP contribution in [0.3, 0.4) is 0 Å². The van der Waals surface area contributed by atoms with Crippen molar-refractivity contribution in [1.82, 2.24) is 4.72 Å². The standard InChI is InChI=1S/C17H18F2N2O3S/c1-12-4-2-5-14(10-12)21-17(22)6-3-9-20-25(23,24)16-8-7-13(18)11-15(16)19/h2,4-5,7-8,10-11,20H,3,6,9H2,1H3,(H,21,22). The SMILES string of the molecule is Cc1cccc(NC(=O)CCCNS(=O)(=O)c2ccc(F)cc2F)c1. The Hall–Kier alpha value is -2.32. The molecule has 0 fully saturated rings.